The zero-order chi connectivity index (χ0) is 9.68. The van der Waals surface area contributed by atoms with Crippen molar-refractivity contribution in [3.8, 4) is 0 Å². The third-order valence-corrected chi connectivity index (χ3v) is 1.78. The van der Waals surface area contributed by atoms with Crippen LogP contribution in [0.15, 0.2) is 16.7 Å². The summed E-state index contributed by atoms with van der Waals surface area (Å²) in [5.74, 6) is 0.264. The van der Waals surface area contributed by atoms with Crippen molar-refractivity contribution in [3.05, 3.63) is 23.7 Å². The van der Waals surface area contributed by atoms with Crippen LogP contribution in [0.3, 0.4) is 0 Å². The minimum atomic E-state index is -0.143. The van der Waals surface area contributed by atoms with E-state index in [9.17, 15) is 4.79 Å². The molecule has 0 saturated carbocycles. The zero-order valence-corrected chi connectivity index (χ0v) is 7.80. The van der Waals surface area contributed by atoms with E-state index < -0.39 is 0 Å². The van der Waals surface area contributed by atoms with Crippen LogP contribution in [0.5, 0.6) is 0 Å². The van der Waals surface area contributed by atoms with Crippen LogP contribution in [0.4, 0.5) is 0 Å². The average molecular weight is 183 g/mol. The summed E-state index contributed by atoms with van der Waals surface area (Å²) in [5, 5.41) is 2.75. The van der Waals surface area contributed by atoms with Crippen molar-refractivity contribution in [1.82, 2.24) is 5.32 Å². The van der Waals surface area contributed by atoms with Crippen molar-refractivity contribution in [2.45, 2.75) is 13.3 Å². The lowest BCUT2D eigenvalue weighted by atomic mass is 10.2. The maximum Gasteiger partial charge on any atom is 0.287 e. The van der Waals surface area contributed by atoms with Crippen LogP contribution in [0.2, 0.25) is 0 Å². The second-order valence-electron chi connectivity index (χ2n) is 2.90. The van der Waals surface area contributed by atoms with Crippen LogP contribution in [-0.4, -0.2) is 19.0 Å². The molecule has 0 aromatic carbocycles. The van der Waals surface area contributed by atoms with Crippen molar-refractivity contribution in [3.63, 3.8) is 0 Å². The van der Waals surface area contributed by atoms with Gasteiger partial charge in [0.1, 0.15) is 0 Å². The Hall–Kier alpha value is -1.29. The molecule has 4 N–H and O–H groups in total. The van der Waals surface area contributed by atoms with Gasteiger partial charge in [0, 0.05) is 18.5 Å². The van der Waals surface area contributed by atoms with Gasteiger partial charge in [0.15, 0.2) is 5.76 Å². The van der Waals surface area contributed by atoms with Crippen LogP contribution in [-0.2, 0) is 0 Å². The lowest BCUT2D eigenvalue weighted by molar-refractivity contribution is -0.367. The van der Waals surface area contributed by atoms with E-state index in [0.717, 1.165) is 18.5 Å². The number of rotatable bonds is 4. The molecule has 0 radical (unpaired) electrons. The number of carbonyl (C=O) groups is 1. The van der Waals surface area contributed by atoms with Crippen molar-refractivity contribution < 1.29 is 14.9 Å². The summed E-state index contributed by atoms with van der Waals surface area (Å²) in [6.45, 7) is 3.33. The summed E-state index contributed by atoms with van der Waals surface area (Å²) >= 11 is 0. The van der Waals surface area contributed by atoms with Gasteiger partial charge >= 0.3 is 0 Å². The number of hydrogen-bond acceptors (Lipinski definition) is 2. The van der Waals surface area contributed by atoms with E-state index in [2.05, 4.69) is 11.1 Å². The fourth-order valence-corrected chi connectivity index (χ4v) is 1.01. The van der Waals surface area contributed by atoms with Crippen molar-refractivity contribution in [2.75, 3.05) is 13.1 Å². The second kappa shape index (κ2) is 4.67. The lowest BCUT2D eigenvalue weighted by Gasteiger charge is -2.00. The summed E-state index contributed by atoms with van der Waals surface area (Å²) in [7, 11) is 0. The third-order valence-electron chi connectivity index (χ3n) is 1.78. The Balaban J connectivity index is 2.45. The molecule has 1 heterocycles. The number of aryl methyl sites for hydroxylation is 1. The first-order valence-electron chi connectivity index (χ1n) is 4.37. The standard InChI is InChI=1S/C9H14N2O2/c1-7-3-6-13-8(7)9(12)11-5-2-4-10/h3,6H,2,4-5,10H2,1H3,(H,11,12)/p+1. The Kier molecular flexibility index (Phi) is 3.52. The highest BCUT2D eigenvalue weighted by atomic mass is 16.3. The molecular weight excluding hydrogens is 168 g/mol. The maximum absolute atomic E-state index is 11.4. The quantitative estimate of drug-likeness (QED) is 0.642. The van der Waals surface area contributed by atoms with Crippen molar-refractivity contribution in [1.29, 1.82) is 0 Å². The Morgan fingerprint density at radius 2 is 2.46 bits per heavy atom. The van der Waals surface area contributed by atoms with E-state index in [4.69, 9.17) is 4.42 Å². The van der Waals surface area contributed by atoms with Gasteiger partial charge < -0.3 is 15.5 Å². The lowest BCUT2D eigenvalue weighted by Crippen LogP contribution is -2.51. The molecule has 13 heavy (non-hydrogen) atoms. The summed E-state index contributed by atoms with van der Waals surface area (Å²) < 4.78 is 5.03. The van der Waals surface area contributed by atoms with E-state index in [-0.39, 0.29) is 5.91 Å². The molecule has 4 nitrogen and oxygen atoms in total. The molecule has 0 saturated heterocycles. The first kappa shape index (κ1) is 9.80. The van der Waals surface area contributed by atoms with Crippen molar-refractivity contribution >= 4 is 5.91 Å². The van der Waals surface area contributed by atoms with Gasteiger partial charge in [0.05, 0.1) is 12.8 Å². The van der Waals surface area contributed by atoms with Crippen LogP contribution in [0, 0.1) is 6.92 Å². The largest absolute Gasteiger partial charge is 0.459 e. The highest BCUT2D eigenvalue weighted by molar-refractivity contribution is 5.92. The van der Waals surface area contributed by atoms with E-state index >= 15 is 0 Å². The monoisotopic (exact) mass is 183 g/mol. The molecule has 4 heteroatoms. The van der Waals surface area contributed by atoms with Crippen LogP contribution in [0.1, 0.15) is 22.5 Å². The summed E-state index contributed by atoms with van der Waals surface area (Å²) in [6.07, 6.45) is 2.41. The molecule has 1 rings (SSSR count). The van der Waals surface area contributed by atoms with Gasteiger partial charge in [-0.2, -0.15) is 0 Å². The smallest absolute Gasteiger partial charge is 0.287 e. The molecule has 0 atom stereocenters. The van der Waals surface area contributed by atoms with Gasteiger partial charge in [-0.25, -0.2) is 0 Å². The fourth-order valence-electron chi connectivity index (χ4n) is 1.01. The summed E-state index contributed by atoms with van der Waals surface area (Å²) in [6, 6.07) is 1.77. The van der Waals surface area contributed by atoms with Crippen LogP contribution in [0.25, 0.3) is 0 Å². The maximum atomic E-state index is 11.4. The predicted octanol–water partition coefficient (Wildman–Crippen LogP) is -0.0502. The average Bonchev–Trinajstić information content (AvgIpc) is 2.52. The Morgan fingerprint density at radius 3 is 3.00 bits per heavy atom. The molecule has 0 fully saturated rings. The molecule has 0 spiro atoms. The predicted molar refractivity (Wildman–Crippen MR) is 48.2 cm³/mol. The molecule has 1 amide bonds. The number of hydrogen-bond donors (Lipinski definition) is 2. The highest BCUT2D eigenvalue weighted by Crippen LogP contribution is 2.07. The van der Waals surface area contributed by atoms with Gasteiger partial charge in [-0.3, -0.25) is 4.79 Å². The van der Waals surface area contributed by atoms with E-state index in [0.29, 0.717) is 12.3 Å². The van der Waals surface area contributed by atoms with Gasteiger partial charge in [0.2, 0.25) is 0 Å². The normalized spacial score (nSPS) is 10.0. The van der Waals surface area contributed by atoms with Gasteiger partial charge in [-0.1, -0.05) is 0 Å². The SMILES string of the molecule is Cc1ccoc1C(=O)NCCC[NH3+]. The molecule has 1 aromatic heterocycles. The van der Waals surface area contributed by atoms with E-state index in [1.54, 1.807) is 6.07 Å². The van der Waals surface area contributed by atoms with Gasteiger partial charge in [0.25, 0.3) is 5.91 Å². The third kappa shape index (κ3) is 2.59. The first-order valence-corrected chi connectivity index (χ1v) is 4.37. The topological polar surface area (TPSA) is 69.9 Å². The fraction of sp³-hybridized carbons (Fsp3) is 0.444. The second-order valence-corrected chi connectivity index (χ2v) is 2.90. The number of carbonyl (C=O) groups excluding carboxylic acids is 1. The first-order chi connectivity index (χ1) is 6.25. The summed E-state index contributed by atoms with van der Waals surface area (Å²) in [5.41, 5.74) is 4.56. The highest BCUT2D eigenvalue weighted by Gasteiger charge is 2.10. The Labute approximate surface area is 77.1 Å². The number of quaternary nitrogens is 1. The molecular formula is C9H15N2O2+. The molecule has 0 aliphatic heterocycles. The number of amides is 1. The van der Waals surface area contributed by atoms with E-state index in [1.807, 2.05) is 6.92 Å². The molecule has 0 aliphatic rings. The molecule has 0 aliphatic carbocycles. The molecule has 0 unspecified atom stereocenters. The van der Waals surface area contributed by atoms with Crippen molar-refractivity contribution in [2.24, 2.45) is 0 Å². The van der Waals surface area contributed by atoms with Crippen LogP contribution >= 0.6 is 0 Å². The Bertz CT molecular complexity index is 281. The molecule has 1 aromatic rings. The zero-order valence-electron chi connectivity index (χ0n) is 7.80. The van der Waals surface area contributed by atoms with Gasteiger partial charge in [-0.05, 0) is 13.0 Å². The molecule has 0 bridgehead atoms. The summed E-state index contributed by atoms with van der Waals surface area (Å²) in [4.78, 5) is 11.4. The number of furan rings is 1. The minimum absolute atomic E-state index is 0.143. The Morgan fingerprint density at radius 1 is 1.69 bits per heavy atom. The number of nitrogens with one attached hydrogen (secondary N) is 1. The molecule has 72 valence electrons. The van der Waals surface area contributed by atoms with Gasteiger partial charge in [-0.15, -0.1) is 0 Å². The van der Waals surface area contributed by atoms with E-state index in [1.165, 1.54) is 6.26 Å². The minimum Gasteiger partial charge on any atom is -0.459 e. The van der Waals surface area contributed by atoms with Crippen LogP contribution < -0.4 is 11.1 Å².